The highest BCUT2D eigenvalue weighted by Crippen LogP contribution is 2.19. The van der Waals surface area contributed by atoms with Crippen LogP contribution < -0.4 is 11.1 Å². The molecule has 0 amide bonds. The van der Waals surface area contributed by atoms with Crippen LogP contribution in [0.3, 0.4) is 0 Å². The maximum absolute atomic E-state index is 9.16. The Labute approximate surface area is 102 Å². The van der Waals surface area contributed by atoms with Crippen molar-refractivity contribution < 1.29 is 0 Å². The van der Waals surface area contributed by atoms with E-state index in [1.807, 2.05) is 13.8 Å². The fourth-order valence-corrected chi connectivity index (χ4v) is 1.52. The van der Waals surface area contributed by atoms with Crippen molar-refractivity contribution in [2.75, 3.05) is 11.9 Å². The number of hydrogen-bond acceptors (Lipinski definition) is 5. The van der Waals surface area contributed by atoms with Gasteiger partial charge in [-0.15, -0.1) is 5.10 Å². The average molecular weight is 233 g/mol. The number of nitriles is 1. The van der Waals surface area contributed by atoms with E-state index in [1.165, 1.54) is 0 Å². The van der Waals surface area contributed by atoms with Gasteiger partial charge >= 0.3 is 0 Å². The summed E-state index contributed by atoms with van der Waals surface area (Å²) in [6.07, 6.45) is 0. The third-order valence-electron chi connectivity index (χ3n) is 2.95. The summed E-state index contributed by atoms with van der Waals surface area (Å²) >= 11 is 0. The van der Waals surface area contributed by atoms with Gasteiger partial charge in [0.15, 0.2) is 5.82 Å². The molecule has 1 atom stereocenters. The topological polar surface area (TPSA) is 87.6 Å². The number of rotatable bonds is 4. The Morgan fingerprint density at radius 3 is 2.47 bits per heavy atom. The molecule has 0 saturated carbocycles. The molecular formula is C12H19N5. The van der Waals surface area contributed by atoms with Crippen LogP contribution in [0.15, 0.2) is 0 Å². The molecule has 17 heavy (non-hydrogen) atoms. The van der Waals surface area contributed by atoms with E-state index in [0.717, 1.165) is 11.3 Å². The van der Waals surface area contributed by atoms with Gasteiger partial charge in [0.25, 0.3) is 0 Å². The molecule has 1 heterocycles. The molecule has 0 aliphatic rings. The van der Waals surface area contributed by atoms with Crippen LogP contribution in [-0.4, -0.2) is 22.8 Å². The Bertz CT molecular complexity index is 433. The van der Waals surface area contributed by atoms with Gasteiger partial charge in [-0.1, -0.05) is 13.8 Å². The van der Waals surface area contributed by atoms with E-state index >= 15 is 0 Å². The molecule has 0 bridgehead atoms. The Kier molecular flexibility index (Phi) is 4.41. The number of hydrogen-bond donors (Lipinski definition) is 2. The third kappa shape index (κ3) is 2.92. The van der Waals surface area contributed by atoms with Crippen LogP contribution in [0.25, 0.3) is 0 Å². The predicted octanol–water partition coefficient (Wildman–Crippen LogP) is 1.36. The van der Waals surface area contributed by atoms with Crippen LogP contribution >= 0.6 is 0 Å². The maximum atomic E-state index is 9.16. The maximum Gasteiger partial charge on any atom is 0.167 e. The summed E-state index contributed by atoms with van der Waals surface area (Å²) in [5, 5.41) is 20.4. The second-order valence-electron chi connectivity index (χ2n) is 4.48. The molecule has 5 nitrogen and oxygen atoms in total. The molecular weight excluding hydrogens is 214 g/mol. The number of nitrogens with two attached hydrogens (primary N) is 1. The first-order valence-electron chi connectivity index (χ1n) is 5.71. The first kappa shape index (κ1) is 13.4. The van der Waals surface area contributed by atoms with Crippen molar-refractivity contribution in [1.82, 2.24) is 10.2 Å². The van der Waals surface area contributed by atoms with Gasteiger partial charge in [-0.25, -0.2) is 0 Å². The molecule has 1 aromatic rings. The van der Waals surface area contributed by atoms with E-state index < -0.39 is 0 Å². The summed E-state index contributed by atoms with van der Waals surface area (Å²) in [6, 6.07) is 2.26. The zero-order chi connectivity index (χ0) is 13.0. The summed E-state index contributed by atoms with van der Waals surface area (Å²) in [5.74, 6) is 0.898. The fraction of sp³-hybridized carbons (Fsp3) is 0.583. The van der Waals surface area contributed by atoms with Gasteiger partial charge in [0.1, 0.15) is 11.6 Å². The van der Waals surface area contributed by atoms with E-state index in [1.54, 1.807) is 0 Å². The molecule has 0 spiro atoms. The number of aryl methyl sites for hydroxylation is 1. The lowest BCUT2D eigenvalue weighted by Crippen LogP contribution is -2.34. The Morgan fingerprint density at radius 2 is 2.00 bits per heavy atom. The standard InChI is InChI=1S/C12H19N5/c1-7(2)11(6-14)15-12-10(5-13)8(3)9(4)16-17-12/h7,11H,6,14H2,1-4H3,(H,15,17). The van der Waals surface area contributed by atoms with Crippen molar-refractivity contribution in [3.63, 3.8) is 0 Å². The Balaban J connectivity index is 3.07. The van der Waals surface area contributed by atoms with Crippen molar-refractivity contribution in [2.45, 2.75) is 33.7 Å². The van der Waals surface area contributed by atoms with Gasteiger partial charge in [0.05, 0.1) is 5.69 Å². The molecule has 5 heteroatoms. The van der Waals surface area contributed by atoms with Crippen molar-refractivity contribution in [3.8, 4) is 6.07 Å². The minimum absolute atomic E-state index is 0.0958. The van der Waals surface area contributed by atoms with E-state index in [4.69, 9.17) is 11.0 Å². The van der Waals surface area contributed by atoms with E-state index in [2.05, 4.69) is 35.4 Å². The lowest BCUT2D eigenvalue weighted by Gasteiger charge is -2.21. The van der Waals surface area contributed by atoms with Gasteiger partial charge in [0.2, 0.25) is 0 Å². The Hall–Kier alpha value is -1.67. The lowest BCUT2D eigenvalue weighted by atomic mass is 10.0. The first-order chi connectivity index (χ1) is 8.01. The van der Waals surface area contributed by atoms with Gasteiger partial charge in [-0.3, -0.25) is 0 Å². The SMILES string of the molecule is Cc1nnc(NC(CN)C(C)C)c(C#N)c1C. The lowest BCUT2D eigenvalue weighted by molar-refractivity contribution is 0.529. The monoisotopic (exact) mass is 233 g/mol. The summed E-state index contributed by atoms with van der Waals surface area (Å²) in [6.45, 7) is 8.36. The molecule has 92 valence electrons. The number of aromatic nitrogens is 2. The van der Waals surface area contributed by atoms with Gasteiger partial charge in [-0.2, -0.15) is 10.4 Å². The number of anilines is 1. The van der Waals surface area contributed by atoms with Crippen molar-refractivity contribution >= 4 is 5.82 Å². The van der Waals surface area contributed by atoms with E-state index in [9.17, 15) is 0 Å². The zero-order valence-corrected chi connectivity index (χ0v) is 10.8. The van der Waals surface area contributed by atoms with Crippen LogP contribution in [0.5, 0.6) is 0 Å². The van der Waals surface area contributed by atoms with Crippen molar-refractivity contribution in [1.29, 1.82) is 5.26 Å². The summed E-state index contributed by atoms with van der Waals surface area (Å²) in [4.78, 5) is 0. The highest BCUT2D eigenvalue weighted by Gasteiger charge is 2.16. The highest BCUT2D eigenvalue weighted by atomic mass is 15.2. The van der Waals surface area contributed by atoms with Gasteiger partial charge < -0.3 is 11.1 Å². The van der Waals surface area contributed by atoms with Crippen LogP contribution in [0.4, 0.5) is 5.82 Å². The Morgan fingerprint density at radius 1 is 1.35 bits per heavy atom. The van der Waals surface area contributed by atoms with Gasteiger partial charge in [-0.05, 0) is 25.3 Å². The summed E-state index contributed by atoms with van der Waals surface area (Å²) < 4.78 is 0. The molecule has 0 aliphatic heterocycles. The minimum Gasteiger partial charge on any atom is -0.363 e. The van der Waals surface area contributed by atoms with E-state index in [0.29, 0.717) is 23.8 Å². The number of nitrogens with one attached hydrogen (secondary N) is 1. The second kappa shape index (κ2) is 5.60. The van der Waals surface area contributed by atoms with Gasteiger partial charge in [0, 0.05) is 12.6 Å². The molecule has 0 radical (unpaired) electrons. The predicted molar refractivity (Wildman–Crippen MR) is 67.5 cm³/mol. The molecule has 1 unspecified atom stereocenters. The second-order valence-corrected chi connectivity index (χ2v) is 4.48. The third-order valence-corrected chi connectivity index (χ3v) is 2.95. The fourth-order valence-electron chi connectivity index (χ4n) is 1.52. The van der Waals surface area contributed by atoms with E-state index in [-0.39, 0.29) is 6.04 Å². The summed E-state index contributed by atoms with van der Waals surface area (Å²) in [7, 11) is 0. The van der Waals surface area contributed by atoms with Crippen molar-refractivity contribution in [3.05, 3.63) is 16.8 Å². The largest absolute Gasteiger partial charge is 0.363 e. The van der Waals surface area contributed by atoms with Crippen LogP contribution in [0.2, 0.25) is 0 Å². The zero-order valence-electron chi connectivity index (χ0n) is 10.8. The smallest absolute Gasteiger partial charge is 0.167 e. The average Bonchev–Trinajstić information content (AvgIpc) is 2.30. The molecule has 0 aliphatic carbocycles. The molecule has 1 aromatic heterocycles. The highest BCUT2D eigenvalue weighted by molar-refractivity contribution is 5.56. The van der Waals surface area contributed by atoms with Crippen LogP contribution in [-0.2, 0) is 0 Å². The summed E-state index contributed by atoms with van der Waals surface area (Å²) in [5.41, 5.74) is 7.88. The van der Waals surface area contributed by atoms with Crippen LogP contribution in [0, 0.1) is 31.1 Å². The minimum atomic E-state index is 0.0958. The normalized spacial score (nSPS) is 12.3. The molecule has 0 fully saturated rings. The molecule has 0 saturated heterocycles. The van der Waals surface area contributed by atoms with Crippen LogP contribution in [0.1, 0.15) is 30.7 Å². The molecule has 1 rings (SSSR count). The molecule has 0 aromatic carbocycles. The quantitative estimate of drug-likeness (QED) is 0.819. The van der Waals surface area contributed by atoms with Crippen molar-refractivity contribution in [2.24, 2.45) is 11.7 Å². The first-order valence-corrected chi connectivity index (χ1v) is 5.71. The number of nitrogens with zero attached hydrogens (tertiary/aromatic N) is 3. The molecule has 3 N–H and O–H groups in total.